The first-order chi connectivity index (χ1) is 37.4. The van der Waals surface area contributed by atoms with E-state index in [1.54, 1.807) is 39.5 Å². The Bertz CT molecular complexity index is 4390. The predicted octanol–water partition coefficient (Wildman–Crippen LogP) is 14.8. The van der Waals surface area contributed by atoms with Gasteiger partial charge in [-0.1, -0.05) is 193 Å². The number of aliphatic imine (C=N–C) groups is 1. The van der Waals surface area contributed by atoms with Gasteiger partial charge in [-0.3, -0.25) is 4.57 Å². The molecule has 0 amide bonds. The molecule has 0 saturated carbocycles. The molecule has 0 N–H and O–H groups in total. The van der Waals surface area contributed by atoms with Crippen LogP contribution in [-0.2, 0) is 21.1 Å². The molecule has 68 heavy (non-hydrogen) atoms. The first kappa shape index (κ1) is 31.5. The number of ether oxygens (including phenoxy) is 1. The van der Waals surface area contributed by atoms with E-state index < -0.39 is 60.4 Å². The Morgan fingerprint density at radius 2 is 1.03 bits per heavy atom. The molecule has 5 nitrogen and oxygen atoms in total. The van der Waals surface area contributed by atoms with Gasteiger partial charge in [-0.05, 0) is 62.2 Å². The van der Waals surface area contributed by atoms with E-state index >= 15 is 0 Å². The number of nitrogens with zero attached hydrogens (tertiary/aromatic N) is 4. The first-order valence-electron chi connectivity index (χ1n) is 26.7. The molecule has 3 heterocycles. The Balaban J connectivity index is 0.00000609. The number of benzene rings is 10. The van der Waals surface area contributed by atoms with Crippen molar-refractivity contribution in [1.82, 2.24) is 9.13 Å². The maximum absolute atomic E-state index is 9.05. The van der Waals surface area contributed by atoms with Crippen LogP contribution in [-0.4, -0.2) is 15.0 Å². The number of aromatic nitrogens is 3. The monoisotopic (exact) mass is 1060 g/mol. The quantitative estimate of drug-likeness (QED) is 0.121. The third kappa shape index (κ3) is 6.90. The molecule has 0 radical (unpaired) electrons. The SMILES string of the molecule is [2H]c1c([2H])c([2H])c(-c2cccc(-c3c([2H])c([2H])c([2H])c([2H])c3[2H])c2-[n+]2[c-]n(-c3[c-]c(Oc4[c-]c5c(cc4)c4ccccc4n5C4=Nc5ccccc5-c5ccccc5-c5ccccc54)ccc3)c3ccccc32)c([2H])c1[2H].[Pt]. The summed E-state index contributed by atoms with van der Waals surface area (Å²) in [5, 5.41) is 1.97. The molecule has 10 aromatic carbocycles. The van der Waals surface area contributed by atoms with Gasteiger partial charge in [0.15, 0.2) is 0 Å². The molecule has 0 atom stereocenters. The topological polar surface area (TPSA) is 35.3 Å². The molecule has 12 aromatic rings. The number of hydrogen-bond donors (Lipinski definition) is 0. The van der Waals surface area contributed by atoms with E-state index in [-0.39, 0.29) is 49.0 Å². The van der Waals surface area contributed by atoms with Crippen molar-refractivity contribution >= 4 is 44.4 Å². The van der Waals surface area contributed by atoms with E-state index in [2.05, 4.69) is 83.7 Å². The second-order valence-electron chi connectivity index (χ2n) is 15.9. The smallest absolute Gasteiger partial charge is 0.268 e. The standard InChI is InChI=1S/C62H38N4O.Pt/c1-3-19-42(20-4-1)47-31-18-32-48(43-21-5-2-6-22-43)61(47)65-41-64(58-35-15-16-36-59(58)65)44-23-17-24-45(39-44)67-46-37-38-54-53-29-12-14-34-57(53)66(60(54)40-46)62-55-30-10-9-27-51(55)49-25-7-8-26-50(49)52-28-11-13-33-56(52)63-62;/h1-38H;/q-2;/i1D,2D,3D,4D,5D,6D,19D,20D,21D,22D;. The maximum Gasteiger partial charge on any atom is 0.268 e. The Morgan fingerprint density at radius 1 is 0.471 bits per heavy atom. The van der Waals surface area contributed by atoms with Gasteiger partial charge < -0.3 is 13.9 Å². The van der Waals surface area contributed by atoms with Gasteiger partial charge in [0.05, 0.1) is 36.1 Å². The van der Waals surface area contributed by atoms with Crippen molar-refractivity contribution in [1.29, 1.82) is 0 Å². The molecule has 1 aliphatic rings. The van der Waals surface area contributed by atoms with E-state index in [4.69, 9.17) is 23.4 Å². The molecule has 0 unspecified atom stereocenters. The summed E-state index contributed by atoms with van der Waals surface area (Å²) in [5.74, 6) is 1.48. The van der Waals surface area contributed by atoms with Crippen molar-refractivity contribution in [2.75, 3.05) is 0 Å². The zero-order chi connectivity index (χ0) is 53.0. The van der Waals surface area contributed by atoms with Gasteiger partial charge in [0.25, 0.3) is 6.33 Å². The molecule has 0 fully saturated rings. The van der Waals surface area contributed by atoms with Crippen molar-refractivity contribution in [2.45, 2.75) is 0 Å². The van der Waals surface area contributed by atoms with Gasteiger partial charge in [-0.15, -0.1) is 29.7 Å². The third-order valence-corrected chi connectivity index (χ3v) is 12.2. The summed E-state index contributed by atoms with van der Waals surface area (Å²) in [6.07, 6.45) is 3.42. The molecule has 0 aliphatic carbocycles. The molecular weight excluding hydrogens is 1010 g/mol. The Hall–Kier alpha value is -8.37. The maximum atomic E-state index is 9.05. The van der Waals surface area contributed by atoms with Crippen LogP contribution in [0.15, 0.2) is 235 Å². The fourth-order valence-electron chi connectivity index (χ4n) is 9.27. The van der Waals surface area contributed by atoms with Crippen LogP contribution < -0.4 is 9.30 Å². The van der Waals surface area contributed by atoms with Crippen LogP contribution in [0.4, 0.5) is 5.69 Å². The second-order valence-corrected chi connectivity index (χ2v) is 15.9. The summed E-state index contributed by atoms with van der Waals surface area (Å²) in [6.45, 7) is 0. The number of imidazole rings is 1. The van der Waals surface area contributed by atoms with Crippen molar-refractivity contribution in [3.8, 4) is 67.4 Å². The van der Waals surface area contributed by atoms with Crippen molar-refractivity contribution in [3.63, 3.8) is 0 Å². The molecule has 0 spiro atoms. The molecule has 0 bridgehead atoms. The van der Waals surface area contributed by atoms with Crippen LogP contribution >= 0.6 is 0 Å². The summed E-state index contributed by atoms with van der Waals surface area (Å²) in [4.78, 5) is 5.49. The summed E-state index contributed by atoms with van der Waals surface area (Å²) in [7, 11) is 0. The number of fused-ring (bicyclic) bond motifs is 9. The van der Waals surface area contributed by atoms with E-state index in [0.29, 0.717) is 28.2 Å². The molecular formula is C62H38N4OPt-2. The van der Waals surface area contributed by atoms with Crippen LogP contribution in [0.1, 0.15) is 19.3 Å². The summed E-state index contributed by atoms with van der Waals surface area (Å²) in [6, 6.07) is 56.3. The molecule has 2 aromatic heterocycles. The van der Waals surface area contributed by atoms with E-state index in [1.807, 2.05) is 78.9 Å². The first-order valence-corrected chi connectivity index (χ1v) is 21.7. The average molecular weight is 1060 g/mol. The Morgan fingerprint density at radius 3 is 1.76 bits per heavy atom. The normalized spacial score (nSPS) is 13.9. The van der Waals surface area contributed by atoms with Gasteiger partial charge in [-0.25, -0.2) is 4.99 Å². The Labute approximate surface area is 422 Å². The van der Waals surface area contributed by atoms with E-state index in [1.165, 1.54) is 0 Å². The molecule has 13 rings (SSSR count). The van der Waals surface area contributed by atoms with Crippen molar-refractivity contribution < 1.29 is 44.1 Å². The number of hydrogen-bond acceptors (Lipinski definition) is 2. The number of para-hydroxylation sites is 5. The van der Waals surface area contributed by atoms with Gasteiger partial charge in [0.1, 0.15) is 5.84 Å². The predicted molar refractivity (Wildman–Crippen MR) is 271 cm³/mol. The van der Waals surface area contributed by atoms with Gasteiger partial charge in [-0.2, -0.15) is 18.2 Å². The second kappa shape index (κ2) is 17.1. The minimum absolute atomic E-state index is 0. The average Bonchev–Trinajstić information content (AvgIpc) is 4.20. The number of rotatable bonds is 6. The van der Waals surface area contributed by atoms with E-state index in [0.717, 1.165) is 61.1 Å². The molecule has 0 saturated heterocycles. The molecule has 1 aliphatic heterocycles. The van der Waals surface area contributed by atoms with Crippen LogP contribution in [0, 0.1) is 18.5 Å². The zero-order valence-electron chi connectivity index (χ0n) is 45.7. The van der Waals surface area contributed by atoms with Crippen LogP contribution in [0.3, 0.4) is 0 Å². The van der Waals surface area contributed by atoms with Crippen LogP contribution in [0.25, 0.3) is 88.7 Å². The minimum atomic E-state index is -0.576. The van der Waals surface area contributed by atoms with Crippen LogP contribution in [0.5, 0.6) is 11.5 Å². The fourth-order valence-corrected chi connectivity index (χ4v) is 9.27. The Kier molecular flexibility index (Phi) is 7.94. The van der Waals surface area contributed by atoms with Crippen molar-refractivity contribution in [3.05, 3.63) is 254 Å². The van der Waals surface area contributed by atoms with E-state index in [9.17, 15) is 0 Å². The molecule has 6 heteroatoms. The van der Waals surface area contributed by atoms with Crippen molar-refractivity contribution in [2.24, 2.45) is 4.99 Å². The van der Waals surface area contributed by atoms with Crippen LogP contribution in [0.2, 0.25) is 0 Å². The zero-order valence-corrected chi connectivity index (χ0v) is 38.0. The fraction of sp³-hybridized carbons (Fsp3) is 0. The van der Waals surface area contributed by atoms with Gasteiger partial charge in [0.2, 0.25) is 0 Å². The summed E-state index contributed by atoms with van der Waals surface area (Å²) >= 11 is 0. The van der Waals surface area contributed by atoms with Gasteiger partial charge >= 0.3 is 0 Å². The summed E-state index contributed by atoms with van der Waals surface area (Å²) < 4.78 is 99.6. The minimum Gasteiger partial charge on any atom is -0.510 e. The summed E-state index contributed by atoms with van der Waals surface area (Å²) in [5.41, 5.74) is 9.48. The largest absolute Gasteiger partial charge is 0.510 e. The van der Waals surface area contributed by atoms with Gasteiger partial charge in [0, 0.05) is 49.2 Å². The molecule has 324 valence electrons. The third-order valence-electron chi connectivity index (χ3n) is 12.2.